The van der Waals surface area contributed by atoms with Crippen LogP contribution in [-0.2, 0) is 14.3 Å². The zero-order valence-electron chi connectivity index (χ0n) is 8.71. The maximum Gasteiger partial charge on any atom is 0.164 e. The van der Waals surface area contributed by atoms with Gasteiger partial charge in [-0.15, -0.1) is 0 Å². The molecule has 14 heavy (non-hydrogen) atoms. The van der Waals surface area contributed by atoms with Crippen LogP contribution in [0.4, 0.5) is 0 Å². The first-order valence-corrected chi connectivity index (χ1v) is 4.94. The number of hydrogen-bond acceptors (Lipinski definition) is 3. The van der Waals surface area contributed by atoms with Gasteiger partial charge in [-0.25, -0.2) is 0 Å². The second-order valence-electron chi connectivity index (χ2n) is 4.53. The Morgan fingerprint density at radius 3 is 3.00 bits per heavy atom. The number of hydrogen-bond donors (Lipinski definition) is 0. The highest BCUT2D eigenvalue weighted by Gasteiger charge is 2.55. The fourth-order valence-corrected chi connectivity index (χ4v) is 2.33. The van der Waals surface area contributed by atoms with E-state index >= 15 is 0 Å². The van der Waals surface area contributed by atoms with Crippen LogP contribution in [-0.4, -0.2) is 25.3 Å². The van der Waals surface area contributed by atoms with Crippen LogP contribution in [0, 0.1) is 11.3 Å². The molecule has 0 bridgehead atoms. The monoisotopic (exact) mass is 196 g/mol. The van der Waals surface area contributed by atoms with Crippen LogP contribution in [0.15, 0.2) is 12.2 Å². The van der Waals surface area contributed by atoms with Crippen LogP contribution in [0.5, 0.6) is 0 Å². The predicted octanol–water partition coefficient (Wildman–Crippen LogP) is 1.53. The molecule has 3 atom stereocenters. The predicted molar refractivity (Wildman–Crippen MR) is 51.7 cm³/mol. The Balaban J connectivity index is 2.17. The summed E-state index contributed by atoms with van der Waals surface area (Å²) in [4.78, 5) is 11.6. The lowest BCUT2D eigenvalue weighted by Gasteiger charge is -2.51. The quantitative estimate of drug-likeness (QED) is 0.597. The molecule has 0 aromatic heterocycles. The van der Waals surface area contributed by atoms with Crippen molar-refractivity contribution in [3.8, 4) is 0 Å². The van der Waals surface area contributed by atoms with Gasteiger partial charge in [0.2, 0.25) is 0 Å². The van der Waals surface area contributed by atoms with Gasteiger partial charge in [0, 0.05) is 11.3 Å². The van der Waals surface area contributed by atoms with Gasteiger partial charge in [-0.2, -0.15) is 0 Å². The number of fused-ring (bicyclic) bond motifs is 1. The van der Waals surface area contributed by atoms with Crippen molar-refractivity contribution in [3.05, 3.63) is 12.2 Å². The highest BCUT2D eigenvalue weighted by atomic mass is 16.7. The summed E-state index contributed by atoms with van der Waals surface area (Å²) >= 11 is 0. The normalized spacial score (nSPS) is 42.3. The minimum atomic E-state index is -0.0337. The van der Waals surface area contributed by atoms with E-state index in [0.29, 0.717) is 0 Å². The summed E-state index contributed by atoms with van der Waals surface area (Å²) in [5.41, 5.74) is 1.06. The molecule has 78 valence electrons. The minimum absolute atomic E-state index is 0.0185. The summed E-state index contributed by atoms with van der Waals surface area (Å²) < 4.78 is 10.6. The van der Waals surface area contributed by atoms with Gasteiger partial charge in [0.05, 0.1) is 6.10 Å². The fraction of sp³-hybridized carbons (Fsp3) is 0.727. The Hall–Kier alpha value is -0.670. The van der Waals surface area contributed by atoms with E-state index < -0.39 is 0 Å². The molecule has 1 aliphatic heterocycles. The summed E-state index contributed by atoms with van der Waals surface area (Å²) in [5, 5.41) is 0. The Morgan fingerprint density at radius 1 is 1.64 bits per heavy atom. The van der Waals surface area contributed by atoms with Crippen LogP contribution >= 0.6 is 0 Å². The largest absolute Gasteiger partial charge is 0.351 e. The molecule has 1 heterocycles. The molecule has 2 aliphatic rings. The number of Topliss-reactive ketones (excluding diaryl/α,β-unsaturated/α-hetero) is 1. The molecule has 1 saturated carbocycles. The van der Waals surface area contributed by atoms with Crippen molar-refractivity contribution < 1.29 is 14.3 Å². The molecule has 1 saturated heterocycles. The maximum atomic E-state index is 11.6. The number of rotatable bonds is 1. The molecule has 2 fully saturated rings. The van der Waals surface area contributed by atoms with E-state index in [0.717, 1.165) is 12.0 Å². The average molecular weight is 196 g/mol. The zero-order valence-corrected chi connectivity index (χ0v) is 8.71. The van der Waals surface area contributed by atoms with Crippen LogP contribution < -0.4 is 0 Å². The average Bonchev–Trinajstić information content (AvgIpc) is 2.25. The molecule has 2 rings (SSSR count). The lowest BCUT2D eigenvalue weighted by Crippen LogP contribution is -2.55. The third-order valence-electron chi connectivity index (χ3n) is 3.60. The molecular formula is C11H16O3. The van der Waals surface area contributed by atoms with Crippen LogP contribution in [0.3, 0.4) is 0 Å². The number of carbonyl (C=O) groups is 1. The van der Waals surface area contributed by atoms with Gasteiger partial charge in [0.25, 0.3) is 0 Å². The summed E-state index contributed by atoms with van der Waals surface area (Å²) in [6, 6.07) is 0. The standard InChI is InChI=1S/C11H16O3/c1-7(2)11(3)4-8-9(12)5-13-6-14-10(8)11/h8,10H,1,4-6H2,2-3H3/t8-,10-,11+/m0/s1. The van der Waals surface area contributed by atoms with Gasteiger partial charge >= 0.3 is 0 Å². The summed E-state index contributed by atoms with van der Waals surface area (Å²) in [6.45, 7) is 8.50. The van der Waals surface area contributed by atoms with Gasteiger partial charge in [0.15, 0.2) is 5.78 Å². The van der Waals surface area contributed by atoms with Crippen molar-refractivity contribution in [1.29, 1.82) is 0 Å². The van der Waals surface area contributed by atoms with Crippen LogP contribution in [0.2, 0.25) is 0 Å². The molecule has 3 heteroatoms. The summed E-state index contributed by atoms with van der Waals surface area (Å²) in [6.07, 6.45) is 0.838. The maximum absolute atomic E-state index is 11.6. The third-order valence-corrected chi connectivity index (χ3v) is 3.60. The second-order valence-corrected chi connectivity index (χ2v) is 4.53. The summed E-state index contributed by atoms with van der Waals surface area (Å²) in [5.74, 6) is 0.199. The molecule has 0 unspecified atom stereocenters. The molecule has 0 aromatic rings. The number of carbonyl (C=O) groups excluding carboxylic acids is 1. The fourth-order valence-electron chi connectivity index (χ4n) is 2.33. The summed E-state index contributed by atoms with van der Waals surface area (Å²) in [7, 11) is 0. The first kappa shape index (κ1) is 9.87. The van der Waals surface area contributed by atoms with E-state index in [1.165, 1.54) is 0 Å². The van der Waals surface area contributed by atoms with E-state index in [1.807, 2.05) is 6.92 Å². The lowest BCUT2D eigenvalue weighted by atomic mass is 9.56. The Morgan fingerprint density at radius 2 is 2.36 bits per heavy atom. The van der Waals surface area contributed by atoms with Gasteiger partial charge < -0.3 is 9.47 Å². The lowest BCUT2D eigenvalue weighted by molar-refractivity contribution is -0.162. The van der Waals surface area contributed by atoms with Crippen molar-refractivity contribution in [1.82, 2.24) is 0 Å². The van der Waals surface area contributed by atoms with Crippen molar-refractivity contribution in [2.24, 2.45) is 11.3 Å². The van der Waals surface area contributed by atoms with E-state index in [2.05, 4.69) is 13.5 Å². The molecule has 0 N–H and O–H groups in total. The SMILES string of the molecule is C=C(C)[C@@]1(C)C[C@H]2C(=O)COCO[C@@H]21. The van der Waals surface area contributed by atoms with Crippen molar-refractivity contribution >= 4 is 5.78 Å². The highest BCUT2D eigenvalue weighted by molar-refractivity contribution is 5.84. The third kappa shape index (κ3) is 1.23. The molecule has 0 amide bonds. The van der Waals surface area contributed by atoms with Gasteiger partial charge in [-0.05, 0) is 13.3 Å². The van der Waals surface area contributed by atoms with E-state index in [9.17, 15) is 4.79 Å². The molecule has 0 spiro atoms. The first-order chi connectivity index (χ1) is 6.55. The van der Waals surface area contributed by atoms with E-state index in [-0.39, 0.29) is 36.6 Å². The Labute approximate surface area is 84.1 Å². The number of ether oxygens (including phenoxy) is 2. The molecule has 1 aliphatic carbocycles. The van der Waals surface area contributed by atoms with Crippen molar-refractivity contribution in [2.45, 2.75) is 26.4 Å². The molecule has 0 aromatic carbocycles. The topological polar surface area (TPSA) is 35.5 Å². The van der Waals surface area contributed by atoms with Gasteiger partial charge in [-0.3, -0.25) is 4.79 Å². The first-order valence-electron chi connectivity index (χ1n) is 4.94. The van der Waals surface area contributed by atoms with Crippen LogP contribution in [0.25, 0.3) is 0 Å². The molecule has 0 radical (unpaired) electrons. The highest BCUT2D eigenvalue weighted by Crippen LogP contribution is 2.52. The van der Waals surface area contributed by atoms with Crippen molar-refractivity contribution in [3.63, 3.8) is 0 Å². The van der Waals surface area contributed by atoms with Gasteiger partial charge in [-0.1, -0.05) is 19.1 Å². The molecular weight excluding hydrogens is 180 g/mol. The Bertz CT molecular complexity index is 284. The number of ketones is 1. The zero-order chi connectivity index (χ0) is 10.3. The molecule has 3 nitrogen and oxygen atoms in total. The Kier molecular flexibility index (Phi) is 2.24. The van der Waals surface area contributed by atoms with E-state index in [4.69, 9.17) is 9.47 Å². The second kappa shape index (κ2) is 3.17. The van der Waals surface area contributed by atoms with E-state index in [1.54, 1.807) is 0 Å². The minimum Gasteiger partial charge on any atom is -0.351 e. The van der Waals surface area contributed by atoms with Crippen LogP contribution in [0.1, 0.15) is 20.3 Å². The van der Waals surface area contributed by atoms with Crippen molar-refractivity contribution in [2.75, 3.05) is 13.4 Å². The van der Waals surface area contributed by atoms with Gasteiger partial charge in [0.1, 0.15) is 13.4 Å². The smallest absolute Gasteiger partial charge is 0.164 e.